The topological polar surface area (TPSA) is 112 Å². The van der Waals surface area contributed by atoms with E-state index in [9.17, 15) is 15.3 Å². The van der Waals surface area contributed by atoms with Crippen LogP contribution in [-0.4, -0.2) is 20.0 Å². The molecule has 0 amide bonds. The average Bonchev–Trinajstić information content (AvgIpc) is 2.83. The highest BCUT2D eigenvalue weighted by Crippen LogP contribution is 2.49. The van der Waals surface area contributed by atoms with E-state index in [1.807, 2.05) is 0 Å². The standard InChI is InChI=1S/C25H22N4O3/c1-31-16-10-11-17(22(12-16)32-2)23-18(14-27)25(28)29(19-7-4-3-6-15(19)13-26)20-8-5-9-21(30)24(20)23/h3-4,6-7,10-12,23H,5,8-9,28H2,1-2H3/t23-/m0/s1. The first-order chi connectivity index (χ1) is 15.5. The van der Waals surface area contributed by atoms with Crippen LogP contribution in [0, 0.1) is 22.7 Å². The first-order valence-corrected chi connectivity index (χ1v) is 10.2. The van der Waals surface area contributed by atoms with Gasteiger partial charge in [-0.25, -0.2) is 0 Å². The number of ketones is 1. The van der Waals surface area contributed by atoms with E-state index in [0.29, 0.717) is 53.1 Å². The number of para-hydroxylation sites is 1. The largest absolute Gasteiger partial charge is 0.497 e. The van der Waals surface area contributed by atoms with Crippen molar-refractivity contribution < 1.29 is 14.3 Å². The molecule has 0 spiro atoms. The number of carbonyl (C=O) groups is 1. The zero-order valence-electron chi connectivity index (χ0n) is 17.9. The lowest BCUT2D eigenvalue weighted by molar-refractivity contribution is -0.116. The van der Waals surface area contributed by atoms with Gasteiger partial charge in [0.25, 0.3) is 0 Å². The summed E-state index contributed by atoms with van der Waals surface area (Å²) in [6.45, 7) is 0. The van der Waals surface area contributed by atoms with E-state index in [2.05, 4.69) is 12.1 Å². The van der Waals surface area contributed by atoms with Crippen molar-refractivity contribution in [2.45, 2.75) is 25.2 Å². The second-order valence-electron chi connectivity index (χ2n) is 7.55. The second-order valence-corrected chi connectivity index (χ2v) is 7.55. The van der Waals surface area contributed by atoms with Crippen LogP contribution in [0.15, 0.2) is 65.1 Å². The van der Waals surface area contributed by atoms with Gasteiger partial charge in [0.05, 0.1) is 43.0 Å². The molecule has 1 aliphatic heterocycles. The summed E-state index contributed by atoms with van der Waals surface area (Å²) in [5, 5.41) is 19.8. The molecule has 0 bridgehead atoms. The number of hydrogen-bond donors (Lipinski definition) is 1. The Bertz CT molecular complexity index is 1250. The minimum Gasteiger partial charge on any atom is -0.497 e. The third-order valence-electron chi connectivity index (χ3n) is 5.93. The van der Waals surface area contributed by atoms with Gasteiger partial charge in [0.15, 0.2) is 5.78 Å². The number of carbonyl (C=O) groups excluding carboxylic acids is 1. The number of methoxy groups -OCH3 is 2. The lowest BCUT2D eigenvalue weighted by Crippen LogP contribution is -2.39. The summed E-state index contributed by atoms with van der Waals surface area (Å²) in [6, 6.07) is 16.8. The van der Waals surface area contributed by atoms with E-state index < -0.39 is 5.92 Å². The Balaban J connectivity index is 2.01. The molecule has 0 aromatic heterocycles. The summed E-state index contributed by atoms with van der Waals surface area (Å²) in [4.78, 5) is 15.0. The number of ether oxygens (including phenoxy) is 2. The number of anilines is 1. The van der Waals surface area contributed by atoms with E-state index in [4.69, 9.17) is 15.2 Å². The molecule has 2 aliphatic rings. The van der Waals surface area contributed by atoms with Gasteiger partial charge in [-0.3, -0.25) is 9.69 Å². The Morgan fingerprint density at radius 1 is 1.06 bits per heavy atom. The number of nitriles is 2. The van der Waals surface area contributed by atoms with Crippen molar-refractivity contribution in [3.63, 3.8) is 0 Å². The van der Waals surface area contributed by atoms with E-state index in [-0.39, 0.29) is 17.2 Å². The Hall–Kier alpha value is -4.23. The summed E-state index contributed by atoms with van der Waals surface area (Å²) in [7, 11) is 3.09. The fraction of sp³-hybridized carbons (Fsp3) is 0.240. The Morgan fingerprint density at radius 2 is 1.84 bits per heavy atom. The van der Waals surface area contributed by atoms with Crippen molar-refractivity contribution in [1.29, 1.82) is 10.5 Å². The van der Waals surface area contributed by atoms with Crippen molar-refractivity contribution in [1.82, 2.24) is 0 Å². The van der Waals surface area contributed by atoms with Gasteiger partial charge in [-0.05, 0) is 31.0 Å². The van der Waals surface area contributed by atoms with Crippen molar-refractivity contribution in [2.24, 2.45) is 5.73 Å². The normalized spacial score (nSPS) is 18.1. The summed E-state index contributed by atoms with van der Waals surface area (Å²) >= 11 is 0. The van der Waals surface area contributed by atoms with Gasteiger partial charge >= 0.3 is 0 Å². The SMILES string of the molecule is COc1ccc([C@H]2C(C#N)=C(N)N(c3ccccc3C#N)C3=C2C(=O)CCC3)c(OC)c1. The van der Waals surface area contributed by atoms with Crippen LogP contribution in [0.25, 0.3) is 0 Å². The Labute approximate surface area is 186 Å². The van der Waals surface area contributed by atoms with Gasteiger partial charge in [0, 0.05) is 29.3 Å². The van der Waals surface area contributed by atoms with E-state index in [1.54, 1.807) is 54.5 Å². The summed E-state index contributed by atoms with van der Waals surface area (Å²) in [5.74, 6) is 0.631. The van der Waals surface area contributed by atoms with Crippen LogP contribution < -0.4 is 20.1 Å². The maximum absolute atomic E-state index is 13.2. The van der Waals surface area contributed by atoms with Crippen molar-refractivity contribution in [2.75, 3.05) is 19.1 Å². The molecule has 0 saturated carbocycles. The fourth-order valence-electron chi connectivity index (χ4n) is 4.49. The quantitative estimate of drug-likeness (QED) is 0.789. The van der Waals surface area contributed by atoms with Crippen LogP contribution in [0.1, 0.15) is 36.3 Å². The average molecular weight is 426 g/mol. The Morgan fingerprint density at radius 3 is 2.53 bits per heavy atom. The van der Waals surface area contributed by atoms with Gasteiger partial charge < -0.3 is 15.2 Å². The van der Waals surface area contributed by atoms with Crippen molar-refractivity contribution >= 4 is 11.5 Å². The number of allylic oxidation sites excluding steroid dienone is 3. The number of benzene rings is 2. The number of hydrogen-bond acceptors (Lipinski definition) is 7. The summed E-state index contributed by atoms with van der Waals surface area (Å²) in [5.41, 5.74) is 9.72. The number of nitrogens with two attached hydrogens (primary N) is 1. The molecule has 160 valence electrons. The molecule has 32 heavy (non-hydrogen) atoms. The van der Waals surface area contributed by atoms with Crippen LogP contribution >= 0.6 is 0 Å². The van der Waals surface area contributed by atoms with Gasteiger partial charge in [-0.2, -0.15) is 10.5 Å². The molecule has 4 rings (SSSR count). The molecule has 2 aromatic carbocycles. The maximum Gasteiger partial charge on any atom is 0.161 e. The number of Topliss-reactive ketones (excluding diaryl/α,β-unsaturated/α-hetero) is 1. The minimum atomic E-state index is -0.658. The van der Waals surface area contributed by atoms with Crippen LogP contribution in [-0.2, 0) is 4.79 Å². The highest BCUT2D eigenvalue weighted by molar-refractivity contribution is 6.01. The molecule has 0 unspecified atom stereocenters. The molecule has 1 heterocycles. The summed E-state index contributed by atoms with van der Waals surface area (Å²) in [6.07, 6.45) is 1.67. The molecule has 1 atom stereocenters. The van der Waals surface area contributed by atoms with Gasteiger partial charge in [-0.1, -0.05) is 18.2 Å². The van der Waals surface area contributed by atoms with Crippen molar-refractivity contribution in [3.05, 3.63) is 76.3 Å². The smallest absolute Gasteiger partial charge is 0.161 e. The first kappa shape index (κ1) is 21.0. The van der Waals surface area contributed by atoms with E-state index in [1.165, 1.54) is 7.11 Å². The maximum atomic E-state index is 13.2. The monoisotopic (exact) mass is 426 g/mol. The molecule has 1 aliphatic carbocycles. The zero-order chi connectivity index (χ0) is 22.8. The van der Waals surface area contributed by atoms with Crippen LogP contribution in [0.4, 0.5) is 5.69 Å². The third kappa shape index (κ3) is 3.25. The lowest BCUT2D eigenvalue weighted by atomic mass is 9.75. The molecule has 2 aromatic rings. The number of rotatable bonds is 4. The Kier molecular flexibility index (Phi) is 5.57. The summed E-state index contributed by atoms with van der Waals surface area (Å²) < 4.78 is 10.9. The van der Waals surface area contributed by atoms with Crippen LogP contribution in [0.5, 0.6) is 11.5 Å². The predicted molar refractivity (Wildman–Crippen MR) is 119 cm³/mol. The molecule has 0 saturated heterocycles. The molecule has 2 N–H and O–H groups in total. The molecule has 7 heteroatoms. The third-order valence-corrected chi connectivity index (χ3v) is 5.93. The van der Waals surface area contributed by atoms with Crippen LogP contribution in [0.2, 0.25) is 0 Å². The van der Waals surface area contributed by atoms with Crippen molar-refractivity contribution in [3.8, 4) is 23.6 Å². The minimum absolute atomic E-state index is 0.0335. The van der Waals surface area contributed by atoms with Gasteiger partial charge in [-0.15, -0.1) is 0 Å². The lowest BCUT2D eigenvalue weighted by Gasteiger charge is -2.40. The molecular weight excluding hydrogens is 404 g/mol. The molecule has 7 nitrogen and oxygen atoms in total. The zero-order valence-corrected chi connectivity index (χ0v) is 17.9. The molecular formula is C25H22N4O3. The highest BCUT2D eigenvalue weighted by Gasteiger charge is 2.41. The fourth-order valence-corrected chi connectivity index (χ4v) is 4.49. The highest BCUT2D eigenvalue weighted by atomic mass is 16.5. The first-order valence-electron chi connectivity index (χ1n) is 10.2. The molecule has 0 radical (unpaired) electrons. The van der Waals surface area contributed by atoms with E-state index in [0.717, 1.165) is 5.70 Å². The van der Waals surface area contributed by atoms with Crippen LogP contribution in [0.3, 0.4) is 0 Å². The number of nitrogens with zero attached hydrogens (tertiary/aromatic N) is 3. The molecule has 0 fully saturated rings. The van der Waals surface area contributed by atoms with E-state index >= 15 is 0 Å². The van der Waals surface area contributed by atoms with Gasteiger partial charge in [0.2, 0.25) is 0 Å². The second kappa shape index (κ2) is 8.49. The van der Waals surface area contributed by atoms with Gasteiger partial charge in [0.1, 0.15) is 23.4 Å². The predicted octanol–water partition coefficient (Wildman–Crippen LogP) is 3.88.